The third-order valence-corrected chi connectivity index (χ3v) is 17.4. The molecule has 6 aliphatic carbocycles. The molecule has 1 unspecified atom stereocenters. The summed E-state index contributed by atoms with van der Waals surface area (Å²) in [6, 6.07) is 21.5. The van der Waals surface area contributed by atoms with Gasteiger partial charge in [0.1, 0.15) is 4.21 Å². The van der Waals surface area contributed by atoms with Gasteiger partial charge >= 0.3 is 0 Å². The van der Waals surface area contributed by atoms with Crippen LogP contribution in [0.25, 0.3) is 11.1 Å². The fourth-order valence-electron chi connectivity index (χ4n) is 11.6. The van der Waals surface area contributed by atoms with Crippen molar-refractivity contribution >= 4 is 27.1 Å². The Hall–Kier alpha value is -2.88. The molecule has 6 aliphatic rings. The molecule has 8 heteroatoms. The average molecular weight is 712 g/mol. The number of allylic oxidation sites excluding steroid dienone is 4. The van der Waals surface area contributed by atoms with E-state index in [1.165, 1.54) is 15.6 Å². The highest BCUT2D eigenvalue weighted by atomic mass is 32.2. The van der Waals surface area contributed by atoms with Crippen molar-refractivity contribution in [2.75, 3.05) is 13.1 Å². The maximum atomic E-state index is 15.0. The van der Waals surface area contributed by atoms with E-state index in [1.807, 2.05) is 49.4 Å². The first-order valence-electron chi connectivity index (χ1n) is 18.4. The second kappa shape index (κ2) is 11.8. The molecular weight excluding hydrogens is 663 g/mol. The van der Waals surface area contributed by atoms with E-state index >= 15 is 4.79 Å². The Morgan fingerprint density at radius 2 is 1.56 bits per heavy atom. The molecule has 2 spiro atoms. The van der Waals surface area contributed by atoms with E-state index < -0.39 is 38.0 Å². The van der Waals surface area contributed by atoms with Crippen LogP contribution in [0.2, 0.25) is 0 Å². The number of rotatable bonds is 9. The molecule has 1 aromatic heterocycles. The number of Topliss-reactive ketones (excluding diaryl/α,β-unsaturated/α-hetero) is 1. The highest BCUT2D eigenvalue weighted by molar-refractivity contribution is 7.91. The Morgan fingerprint density at radius 1 is 0.880 bits per heavy atom. The Bertz CT molecular complexity index is 1960. The molecule has 0 amide bonds. The van der Waals surface area contributed by atoms with Crippen LogP contribution in [0, 0.1) is 33.5 Å². The molecule has 0 aliphatic heterocycles. The van der Waals surface area contributed by atoms with Gasteiger partial charge in [0.25, 0.3) is 10.0 Å². The number of hydrogen-bond acceptors (Lipinski definition) is 6. The summed E-state index contributed by atoms with van der Waals surface area (Å²) in [4.78, 5) is 15.0. The van der Waals surface area contributed by atoms with Crippen molar-refractivity contribution in [3.63, 3.8) is 0 Å². The number of hydrogen-bond donors (Lipinski definition) is 2. The molecular formula is C42H49NO5S2. The molecule has 0 saturated heterocycles. The third-order valence-electron chi connectivity index (χ3n) is 14.2. The summed E-state index contributed by atoms with van der Waals surface area (Å²) in [6.45, 7) is 6.91. The zero-order chi connectivity index (χ0) is 35.2. The molecule has 0 radical (unpaired) electrons. The van der Waals surface area contributed by atoms with Gasteiger partial charge in [-0.15, -0.1) is 11.3 Å². The number of aliphatic hydroxyl groups is 2. The zero-order valence-electron chi connectivity index (χ0n) is 29.3. The largest absolute Gasteiger partial charge is 0.393 e. The molecule has 264 valence electrons. The van der Waals surface area contributed by atoms with Crippen LogP contribution in [0.4, 0.5) is 0 Å². The molecule has 2 N–H and O–H groups in total. The Balaban J connectivity index is 1.21. The topological polar surface area (TPSA) is 94.9 Å². The zero-order valence-corrected chi connectivity index (χ0v) is 31.0. The number of thiophene rings is 1. The molecule has 8 atom stereocenters. The first kappa shape index (κ1) is 34.2. The normalized spacial score (nSPS) is 37.2. The van der Waals surface area contributed by atoms with Gasteiger partial charge < -0.3 is 10.2 Å². The number of ketones is 1. The molecule has 3 aromatic rings. The van der Waals surface area contributed by atoms with Crippen molar-refractivity contribution in [1.29, 1.82) is 0 Å². The van der Waals surface area contributed by atoms with E-state index in [-0.39, 0.29) is 29.6 Å². The summed E-state index contributed by atoms with van der Waals surface area (Å²) in [5.41, 5.74) is 0.572. The summed E-state index contributed by atoms with van der Waals surface area (Å²) in [5.74, 6) is 0.138. The lowest BCUT2D eigenvalue weighted by Gasteiger charge is -2.71. The van der Waals surface area contributed by atoms with E-state index in [1.54, 1.807) is 17.5 Å². The lowest BCUT2D eigenvalue weighted by molar-refractivity contribution is -0.173. The highest BCUT2D eigenvalue weighted by Crippen LogP contribution is 2.78. The average Bonchev–Trinajstić information content (AvgIpc) is 3.76. The van der Waals surface area contributed by atoms with E-state index in [0.717, 1.165) is 42.4 Å². The quantitative estimate of drug-likeness (QED) is 0.172. The van der Waals surface area contributed by atoms with E-state index in [0.29, 0.717) is 42.0 Å². The monoisotopic (exact) mass is 711 g/mol. The predicted octanol–water partition coefficient (Wildman–Crippen LogP) is 8.29. The number of carbonyl (C=O) groups is 1. The van der Waals surface area contributed by atoms with Gasteiger partial charge in [0.05, 0.1) is 11.7 Å². The van der Waals surface area contributed by atoms with Gasteiger partial charge in [-0.2, -0.15) is 4.31 Å². The van der Waals surface area contributed by atoms with E-state index in [9.17, 15) is 18.6 Å². The minimum absolute atomic E-state index is 0.0213. The van der Waals surface area contributed by atoms with E-state index in [2.05, 4.69) is 44.2 Å². The van der Waals surface area contributed by atoms with Gasteiger partial charge in [0.15, 0.2) is 5.78 Å². The molecule has 50 heavy (non-hydrogen) atoms. The van der Waals surface area contributed by atoms with Crippen LogP contribution in [-0.2, 0) is 10.0 Å². The van der Waals surface area contributed by atoms with Gasteiger partial charge in [-0.1, -0.05) is 99.7 Å². The number of nitrogens with zero attached hydrogens (tertiary/aromatic N) is 1. The third kappa shape index (κ3) is 4.67. The summed E-state index contributed by atoms with van der Waals surface area (Å²) < 4.78 is 29.6. The van der Waals surface area contributed by atoms with E-state index in [4.69, 9.17) is 0 Å². The maximum Gasteiger partial charge on any atom is 0.252 e. The molecule has 2 aromatic carbocycles. The summed E-state index contributed by atoms with van der Waals surface area (Å²) in [5, 5.41) is 25.7. The Kier molecular flexibility index (Phi) is 8.09. The second-order valence-corrected chi connectivity index (χ2v) is 19.5. The smallest absolute Gasteiger partial charge is 0.252 e. The minimum atomic E-state index is -3.77. The van der Waals surface area contributed by atoms with Crippen molar-refractivity contribution in [3.05, 3.63) is 101 Å². The Morgan fingerprint density at radius 3 is 2.26 bits per heavy atom. The second-order valence-electron chi connectivity index (χ2n) is 16.4. The summed E-state index contributed by atoms with van der Waals surface area (Å²) >= 11 is 1.21. The number of benzene rings is 2. The summed E-state index contributed by atoms with van der Waals surface area (Å²) in [7, 11) is -3.77. The fourth-order valence-corrected chi connectivity index (χ4v) is 14.3. The molecule has 3 saturated carbocycles. The molecule has 2 bridgehead atoms. The van der Waals surface area contributed by atoms with Crippen molar-refractivity contribution in [1.82, 2.24) is 4.31 Å². The Labute approximate surface area is 301 Å². The lowest BCUT2D eigenvalue weighted by Crippen LogP contribution is -2.67. The predicted molar refractivity (Wildman–Crippen MR) is 198 cm³/mol. The summed E-state index contributed by atoms with van der Waals surface area (Å²) in [6.07, 6.45) is 12.1. The van der Waals surface area contributed by atoms with Gasteiger partial charge in [-0.25, -0.2) is 8.42 Å². The standard InChI is InChI=1S/C42H49NO5S2/c1-4-24-43(50(47,48)36-11-8-25-49-36)28-41(46)21-18-35-39(41,3)20-17-34-38(2)19-16-32(44)26-40(38)22-23-42(34,35)33(27-40)37(45)31-14-12-30(13-15-31)29-9-6-5-7-10-29/h5-15,22-23,25,27,32,34-35,44,46H,4,16-21,24,26,28H2,1-3H3/t32?,34-,35-,38-,39+,40+,41-,42-/m1/s1. The molecule has 1 heterocycles. The first-order valence-corrected chi connectivity index (χ1v) is 20.7. The van der Waals surface area contributed by atoms with Crippen LogP contribution in [0.1, 0.15) is 82.5 Å². The van der Waals surface area contributed by atoms with Gasteiger partial charge in [0, 0.05) is 40.5 Å². The number of fused-ring (bicyclic) bond motifs is 1. The maximum absolute atomic E-state index is 15.0. The molecule has 9 rings (SSSR count). The first-order chi connectivity index (χ1) is 23.8. The number of carbonyl (C=O) groups excluding carboxylic acids is 1. The van der Waals surface area contributed by atoms with Crippen LogP contribution in [0.5, 0.6) is 0 Å². The van der Waals surface area contributed by atoms with Gasteiger partial charge in [-0.3, -0.25) is 4.79 Å². The van der Waals surface area contributed by atoms with Crippen LogP contribution in [0.3, 0.4) is 0 Å². The van der Waals surface area contributed by atoms with Crippen LogP contribution in [-0.4, -0.2) is 53.5 Å². The highest BCUT2D eigenvalue weighted by Gasteiger charge is 2.74. The number of sulfonamides is 1. The van der Waals surface area contributed by atoms with Crippen LogP contribution < -0.4 is 0 Å². The van der Waals surface area contributed by atoms with Crippen molar-refractivity contribution in [2.24, 2.45) is 33.5 Å². The van der Waals surface area contributed by atoms with Crippen molar-refractivity contribution in [3.8, 4) is 11.1 Å². The molecule has 6 nitrogen and oxygen atoms in total. The fraction of sp³-hybridized carbons (Fsp3) is 0.500. The van der Waals surface area contributed by atoms with Crippen molar-refractivity contribution < 1.29 is 23.4 Å². The number of aliphatic hydroxyl groups excluding tert-OH is 1. The van der Waals surface area contributed by atoms with Crippen LogP contribution in [0.15, 0.2) is 100 Å². The van der Waals surface area contributed by atoms with Crippen molar-refractivity contribution in [2.45, 2.75) is 88.1 Å². The van der Waals surface area contributed by atoms with Crippen LogP contribution >= 0.6 is 11.3 Å². The van der Waals surface area contributed by atoms with Gasteiger partial charge in [0.2, 0.25) is 0 Å². The molecule has 3 fully saturated rings. The minimum Gasteiger partial charge on any atom is -0.393 e. The SMILES string of the molecule is CCCN(C[C@]1(O)CC[C@H]2[C@]34C=C[C@@]5(C=C3C(=O)c3ccc(-c6ccccc6)cc3)CC(O)CC[C@]5(C)[C@H]4CC[C@@]21C)S(=O)(=O)c1cccs1. The lowest BCUT2D eigenvalue weighted by atomic mass is 9.32. The van der Waals surface area contributed by atoms with Gasteiger partial charge in [-0.05, 0) is 91.2 Å².